The minimum absolute atomic E-state index is 0.0778. The van der Waals surface area contributed by atoms with Gasteiger partial charge in [-0.3, -0.25) is 0 Å². The highest BCUT2D eigenvalue weighted by Crippen LogP contribution is 2.42. The molecule has 2 aromatic carbocycles. The average Bonchev–Trinajstić information content (AvgIpc) is 3.26. The van der Waals surface area contributed by atoms with Crippen LogP contribution in [-0.2, 0) is 16.0 Å². The molecular weight excluding hydrogens is 378 g/mol. The normalized spacial score (nSPS) is 18.6. The lowest BCUT2D eigenvalue weighted by atomic mass is 10.0. The number of hydrogen-bond donors (Lipinski definition) is 2. The molecule has 8 nitrogen and oxygen atoms in total. The predicted octanol–water partition coefficient (Wildman–Crippen LogP) is 2.42. The molecule has 0 fully saturated rings. The first-order valence-corrected chi connectivity index (χ1v) is 9.10. The number of ether oxygens (including phenoxy) is 3. The maximum Gasteiger partial charge on any atom is 0.414 e. The summed E-state index contributed by atoms with van der Waals surface area (Å²) in [7, 11) is 4.22. The van der Waals surface area contributed by atoms with Crippen molar-refractivity contribution in [2.45, 2.75) is 12.5 Å². The van der Waals surface area contributed by atoms with Crippen LogP contribution in [0, 0.1) is 5.92 Å². The van der Waals surface area contributed by atoms with Crippen molar-refractivity contribution in [2.24, 2.45) is 5.92 Å². The molecule has 2 N–H and O–H groups in total. The first-order chi connectivity index (χ1) is 13.8. The van der Waals surface area contributed by atoms with Gasteiger partial charge in [-0.25, -0.2) is 9.59 Å². The van der Waals surface area contributed by atoms with Gasteiger partial charge in [-0.05, 0) is 43.8 Å². The largest absolute Gasteiger partial charge is 0.485 e. The smallest absolute Gasteiger partial charge is 0.414 e. The molecule has 29 heavy (non-hydrogen) atoms. The third kappa shape index (κ3) is 4.97. The molecule has 1 heterocycles. The van der Waals surface area contributed by atoms with E-state index in [2.05, 4.69) is 43.3 Å². The highest BCUT2D eigenvalue weighted by Gasteiger charge is 2.34. The number of aliphatic carboxylic acids is 2. The zero-order chi connectivity index (χ0) is 21.0. The summed E-state index contributed by atoms with van der Waals surface area (Å²) >= 11 is 0. The van der Waals surface area contributed by atoms with E-state index in [0.29, 0.717) is 5.92 Å². The van der Waals surface area contributed by atoms with Crippen LogP contribution in [0.5, 0.6) is 17.2 Å². The van der Waals surface area contributed by atoms with Gasteiger partial charge in [0.2, 0.25) is 6.79 Å². The van der Waals surface area contributed by atoms with Gasteiger partial charge >= 0.3 is 11.9 Å². The molecule has 1 aliphatic carbocycles. The van der Waals surface area contributed by atoms with E-state index in [1.54, 1.807) is 0 Å². The monoisotopic (exact) mass is 401 g/mol. The summed E-state index contributed by atoms with van der Waals surface area (Å²) in [5.41, 5.74) is 2.70. The highest BCUT2D eigenvalue weighted by molar-refractivity contribution is 6.27. The lowest BCUT2D eigenvalue weighted by Crippen LogP contribution is -2.27. The van der Waals surface area contributed by atoms with E-state index in [9.17, 15) is 0 Å². The maximum absolute atomic E-state index is 9.10. The SMILES string of the molecule is CN(C)C[C@@H]1Cc2ccccc2[C@H]1Oc1ccc2c(c1)OCO2.O=C(O)C(=O)O. The lowest BCUT2D eigenvalue weighted by molar-refractivity contribution is -0.159. The van der Waals surface area contributed by atoms with Crippen LogP contribution in [0.4, 0.5) is 0 Å². The van der Waals surface area contributed by atoms with Crippen LogP contribution in [0.2, 0.25) is 0 Å². The Morgan fingerprint density at radius 3 is 2.45 bits per heavy atom. The predicted molar refractivity (Wildman–Crippen MR) is 103 cm³/mol. The quantitative estimate of drug-likeness (QED) is 0.753. The summed E-state index contributed by atoms with van der Waals surface area (Å²) in [6.45, 7) is 1.29. The lowest BCUT2D eigenvalue weighted by Gasteiger charge is -2.25. The molecule has 154 valence electrons. The average molecular weight is 401 g/mol. The fourth-order valence-electron chi connectivity index (χ4n) is 3.53. The molecule has 0 aromatic heterocycles. The van der Waals surface area contributed by atoms with Gasteiger partial charge in [-0.15, -0.1) is 0 Å². The van der Waals surface area contributed by atoms with Crippen LogP contribution < -0.4 is 14.2 Å². The maximum atomic E-state index is 9.10. The Hall–Kier alpha value is -3.26. The molecule has 2 aliphatic rings. The first kappa shape index (κ1) is 20.5. The van der Waals surface area contributed by atoms with Crippen LogP contribution >= 0.6 is 0 Å². The van der Waals surface area contributed by atoms with Crippen molar-refractivity contribution in [3.05, 3.63) is 53.6 Å². The van der Waals surface area contributed by atoms with Gasteiger partial charge in [0.25, 0.3) is 0 Å². The molecule has 0 saturated carbocycles. The summed E-state index contributed by atoms with van der Waals surface area (Å²) < 4.78 is 17.2. The molecule has 0 bridgehead atoms. The Morgan fingerprint density at radius 1 is 1.07 bits per heavy atom. The Balaban J connectivity index is 0.000000353. The number of benzene rings is 2. The third-order valence-electron chi connectivity index (χ3n) is 4.66. The fourth-order valence-corrected chi connectivity index (χ4v) is 3.53. The van der Waals surface area contributed by atoms with Gasteiger partial charge in [0, 0.05) is 18.5 Å². The molecule has 0 radical (unpaired) electrons. The van der Waals surface area contributed by atoms with E-state index in [-0.39, 0.29) is 12.9 Å². The summed E-state index contributed by atoms with van der Waals surface area (Å²) in [6, 6.07) is 14.4. The zero-order valence-electron chi connectivity index (χ0n) is 16.2. The number of carboxylic acids is 2. The van der Waals surface area contributed by atoms with E-state index in [1.807, 2.05) is 18.2 Å². The molecule has 2 atom stereocenters. The van der Waals surface area contributed by atoms with Crippen LogP contribution in [0.3, 0.4) is 0 Å². The number of carbonyl (C=O) groups is 2. The molecule has 0 unspecified atom stereocenters. The van der Waals surface area contributed by atoms with Crippen LogP contribution in [0.15, 0.2) is 42.5 Å². The van der Waals surface area contributed by atoms with Gasteiger partial charge in [0.15, 0.2) is 11.5 Å². The van der Waals surface area contributed by atoms with Gasteiger partial charge in [0.05, 0.1) is 0 Å². The van der Waals surface area contributed by atoms with Crippen LogP contribution in [0.1, 0.15) is 17.2 Å². The Morgan fingerprint density at radius 2 is 1.76 bits per heavy atom. The summed E-state index contributed by atoms with van der Waals surface area (Å²) in [4.78, 5) is 20.4. The Kier molecular flexibility index (Phi) is 6.23. The van der Waals surface area contributed by atoms with Crippen molar-refractivity contribution in [1.82, 2.24) is 4.90 Å². The van der Waals surface area contributed by atoms with Crippen LogP contribution in [-0.4, -0.2) is 54.5 Å². The molecule has 0 amide bonds. The van der Waals surface area contributed by atoms with Crippen molar-refractivity contribution >= 4 is 11.9 Å². The highest BCUT2D eigenvalue weighted by atomic mass is 16.7. The van der Waals surface area contributed by atoms with Crippen molar-refractivity contribution in [3.63, 3.8) is 0 Å². The molecule has 1 aliphatic heterocycles. The third-order valence-corrected chi connectivity index (χ3v) is 4.66. The molecule has 0 saturated heterocycles. The second-order valence-corrected chi connectivity index (χ2v) is 7.09. The minimum Gasteiger partial charge on any atom is -0.485 e. The molecule has 2 aromatic rings. The Labute approximate surface area is 168 Å². The van der Waals surface area contributed by atoms with E-state index < -0.39 is 11.9 Å². The molecule has 4 rings (SSSR count). The summed E-state index contributed by atoms with van der Waals surface area (Å²) in [5.74, 6) is -0.815. The number of nitrogens with zero attached hydrogens (tertiary/aromatic N) is 1. The standard InChI is InChI=1S/C19H21NO3.C2H2O4/c1-20(2)11-14-9-13-5-3-4-6-16(13)19(14)23-15-7-8-17-18(10-15)22-12-21-17;3-1(4)2(5)6/h3-8,10,14,19H,9,11-12H2,1-2H3;(H,3,4)(H,5,6)/t14-,19-;/m0./s1. The topological polar surface area (TPSA) is 106 Å². The van der Waals surface area contributed by atoms with Gasteiger partial charge < -0.3 is 29.3 Å². The molecule has 8 heteroatoms. The Bertz CT molecular complexity index is 884. The van der Waals surface area contributed by atoms with Crippen LogP contribution in [0.25, 0.3) is 0 Å². The number of fused-ring (bicyclic) bond motifs is 2. The number of carboxylic acid groups (broad SMARTS) is 2. The second kappa shape index (κ2) is 8.83. The second-order valence-electron chi connectivity index (χ2n) is 7.09. The van der Waals surface area contributed by atoms with E-state index >= 15 is 0 Å². The van der Waals surface area contributed by atoms with E-state index in [0.717, 1.165) is 30.2 Å². The van der Waals surface area contributed by atoms with E-state index in [4.69, 9.17) is 34.0 Å². The minimum atomic E-state index is -1.82. The summed E-state index contributed by atoms with van der Waals surface area (Å²) in [5, 5.41) is 14.8. The van der Waals surface area contributed by atoms with Crippen molar-refractivity contribution < 1.29 is 34.0 Å². The first-order valence-electron chi connectivity index (χ1n) is 9.10. The van der Waals surface area contributed by atoms with Gasteiger partial charge in [0.1, 0.15) is 11.9 Å². The molecule has 0 spiro atoms. The zero-order valence-corrected chi connectivity index (χ0v) is 16.2. The van der Waals surface area contributed by atoms with Crippen molar-refractivity contribution in [3.8, 4) is 17.2 Å². The number of hydrogen-bond acceptors (Lipinski definition) is 6. The van der Waals surface area contributed by atoms with Gasteiger partial charge in [-0.1, -0.05) is 24.3 Å². The van der Waals surface area contributed by atoms with Crippen molar-refractivity contribution in [2.75, 3.05) is 27.4 Å². The van der Waals surface area contributed by atoms with Gasteiger partial charge in [-0.2, -0.15) is 0 Å². The summed E-state index contributed by atoms with van der Waals surface area (Å²) in [6.07, 6.45) is 1.14. The molecular formula is C21H23NO7. The van der Waals surface area contributed by atoms with E-state index in [1.165, 1.54) is 11.1 Å². The van der Waals surface area contributed by atoms with Crippen molar-refractivity contribution in [1.29, 1.82) is 0 Å². The number of rotatable bonds is 4. The fraction of sp³-hybridized carbons (Fsp3) is 0.333.